The molecule has 2 saturated heterocycles. The van der Waals surface area contributed by atoms with E-state index in [0.29, 0.717) is 0 Å². The van der Waals surface area contributed by atoms with Gasteiger partial charge in [0.2, 0.25) is 0 Å². The van der Waals surface area contributed by atoms with E-state index in [9.17, 15) is 4.79 Å². The number of carbonyl (C=O) groups excluding carboxylic acids is 1. The lowest BCUT2D eigenvalue weighted by molar-refractivity contribution is -0.142. The van der Waals surface area contributed by atoms with E-state index >= 15 is 0 Å². The number of carbonyl (C=O) groups is 1. The molecule has 6 nitrogen and oxygen atoms in total. The molecule has 0 aromatic carbocycles. The van der Waals surface area contributed by atoms with Crippen molar-refractivity contribution in [2.75, 3.05) is 32.8 Å². The van der Waals surface area contributed by atoms with Crippen molar-refractivity contribution in [2.45, 2.75) is 32.4 Å². The van der Waals surface area contributed by atoms with Crippen molar-refractivity contribution in [2.24, 2.45) is 0 Å². The van der Waals surface area contributed by atoms with Crippen LogP contribution in [0.15, 0.2) is 10.7 Å². The standard InChI is InChI=1S/C14H21N3O3/c1-11-12(9-15-20-11)10-16-4-6-17(7-5-16)14(18)13-3-2-8-19-13/h9,13H,2-8,10H2,1H3. The third-order valence-electron chi connectivity index (χ3n) is 4.13. The molecule has 3 rings (SSSR count). The molecule has 2 aliphatic heterocycles. The van der Waals surface area contributed by atoms with Crippen LogP contribution < -0.4 is 0 Å². The molecule has 0 spiro atoms. The predicted octanol–water partition coefficient (Wildman–Crippen LogP) is 0.806. The zero-order chi connectivity index (χ0) is 13.9. The molecule has 1 atom stereocenters. The van der Waals surface area contributed by atoms with Gasteiger partial charge >= 0.3 is 0 Å². The molecule has 6 heteroatoms. The van der Waals surface area contributed by atoms with E-state index in [0.717, 1.165) is 63.5 Å². The Bertz CT molecular complexity index is 460. The van der Waals surface area contributed by atoms with Crippen molar-refractivity contribution in [1.82, 2.24) is 15.0 Å². The van der Waals surface area contributed by atoms with Crippen molar-refractivity contribution >= 4 is 5.91 Å². The fourth-order valence-electron chi connectivity index (χ4n) is 2.81. The van der Waals surface area contributed by atoms with Crippen LogP contribution in [-0.4, -0.2) is 59.8 Å². The normalized spacial score (nSPS) is 24.2. The molecule has 1 unspecified atom stereocenters. The van der Waals surface area contributed by atoms with Gasteiger partial charge in [-0.3, -0.25) is 9.69 Å². The minimum Gasteiger partial charge on any atom is -0.368 e. The second-order valence-corrected chi connectivity index (χ2v) is 5.51. The molecule has 1 amide bonds. The number of rotatable bonds is 3. The highest BCUT2D eigenvalue weighted by Gasteiger charge is 2.30. The van der Waals surface area contributed by atoms with Crippen LogP contribution in [0.3, 0.4) is 0 Å². The lowest BCUT2D eigenvalue weighted by atomic mass is 10.2. The van der Waals surface area contributed by atoms with Gasteiger partial charge in [-0.05, 0) is 19.8 Å². The van der Waals surface area contributed by atoms with Crippen LogP contribution in [0.2, 0.25) is 0 Å². The summed E-state index contributed by atoms with van der Waals surface area (Å²) in [4.78, 5) is 16.5. The highest BCUT2D eigenvalue weighted by atomic mass is 16.5. The Kier molecular flexibility index (Phi) is 4.03. The van der Waals surface area contributed by atoms with Crippen LogP contribution in [-0.2, 0) is 16.1 Å². The second-order valence-electron chi connectivity index (χ2n) is 5.51. The van der Waals surface area contributed by atoms with E-state index in [2.05, 4.69) is 10.1 Å². The van der Waals surface area contributed by atoms with Crippen LogP contribution in [0.25, 0.3) is 0 Å². The summed E-state index contributed by atoms with van der Waals surface area (Å²) < 4.78 is 10.5. The quantitative estimate of drug-likeness (QED) is 0.819. The highest BCUT2D eigenvalue weighted by molar-refractivity contribution is 5.81. The number of nitrogens with zero attached hydrogens (tertiary/aromatic N) is 3. The van der Waals surface area contributed by atoms with E-state index < -0.39 is 0 Å². The minimum absolute atomic E-state index is 0.170. The molecule has 110 valence electrons. The summed E-state index contributed by atoms with van der Waals surface area (Å²) in [6, 6.07) is 0. The van der Waals surface area contributed by atoms with Gasteiger partial charge in [0.25, 0.3) is 5.91 Å². The zero-order valence-electron chi connectivity index (χ0n) is 11.9. The van der Waals surface area contributed by atoms with Crippen LogP contribution >= 0.6 is 0 Å². The average Bonchev–Trinajstić information content (AvgIpc) is 3.12. The van der Waals surface area contributed by atoms with Crippen molar-refractivity contribution in [1.29, 1.82) is 0 Å². The number of amides is 1. The molecule has 2 fully saturated rings. The Morgan fingerprint density at radius 2 is 2.20 bits per heavy atom. The lowest BCUT2D eigenvalue weighted by Gasteiger charge is -2.35. The molecule has 3 heterocycles. The number of hydrogen-bond acceptors (Lipinski definition) is 5. The van der Waals surface area contributed by atoms with Crippen LogP contribution in [0.5, 0.6) is 0 Å². The largest absolute Gasteiger partial charge is 0.368 e. The van der Waals surface area contributed by atoms with Gasteiger partial charge in [-0.2, -0.15) is 0 Å². The molecule has 0 N–H and O–H groups in total. The summed E-state index contributed by atoms with van der Waals surface area (Å²) in [5, 5.41) is 3.80. The van der Waals surface area contributed by atoms with Gasteiger partial charge in [0.15, 0.2) is 0 Å². The topological polar surface area (TPSA) is 58.8 Å². The molecule has 2 aliphatic rings. The van der Waals surface area contributed by atoms with Crippen LogP contribution in [0, 0.1) is 6.92 Å². The third-order valence-corrected chi connectivity index (χ3v) is 4.13. The molecule has 0 aliphatic carbocycles. The number of ether oxygens (including phenoxy) is 1. The zero-order valence-corrected chi connectivity index (χ0v) is 11.9. The number of aromatic nitrogens is 1. The first kappa shape index (κ1) is 13.6. The van der Waals surface area contributed by atoms with E-state index in [4.69, 9.17) is 9.26 Å². The highest BCUT2D eigenvalue weighted by Crippen LogP contribution is 2.17. The molecule has 1 aromatic rings. The van der Waals surface area contributed by atoms with Gasteiger partial charge in [-0.1, -0.05) is 5.16 Å². The van der Waals surface area contributed by atoms with E-state index in [1.54, 1.807) is 6.20 Å². The van der Waals surface area contributed by atoms with Gasteiger partial charge in [0, 0.05) is 44.9 Å². The van der Waals surface area contributed by atoms with Crippen molar-refractivity contribution in [3.05, 3.63) is 17.5 Å². The Balaban J connectivity index is 1.49. The lowest BCUT2D eigenvalue weighted by Crippen LogP contribution is -2.51. The maximum Gasteiger partial charge on any atom is 0.251 e. The van der Waals surface area contributed by atoms with Gasteiger partial charge < -0.3 is 14.2 Å². The molecular weight excluding hydrogens is 258 g/mol. The maximum absolute atomic E-state index is 12.2. The van der Waals surface area contributed by atoms with Crippen molar-refractivity contribution in [3.8, 4) is 0 Å². The molecule has 0 bridgehead atoms. The summed E-state index contributed by atoms with van der Waals surface area (Å²) in [7, 11) is 0. The molecule has 1 aromatic heterocycles. The van der Waals surface area contributed by atoms with E-state index in [1.807, 2.05) is 11.8 Å². The fourth-order valence-corrected chi connectivity index (χ4v) is 2.81. The first-order chi connectivity index (χ1) is 9.74. The smallest absolute Gasteiger partial charge is 0.251 e. The predicted molar refractivity (Wildman–Crippen MR) is 72.1 cm³/mol. The fraction of sp³-hybridized carbons (Fsp3) is 0.714. The summed E-state index contributed by atoms with van der Waals surface area (Å²) in [6.45, 7) is 6.85. The average molecular weight is 279 g/mol. The summed E-state index contributed by atoms with van der Waals surface area (Å²) in [5.41, 5.74) is 1.13. The first-order valence-electron chi connectivity index (χ1n) is 7.27. The van der Waals surface area contributed by atoms with Crippen molar-refractivity contribution in [3.63, 3.8) is 0 Å². The number of piperazine rings is 1. The van der Waals surface area contributed by atoms with E-state index in [-0.39, 0.29) is 12.0 Å². The first-order valence-corrected chi connectivity index (χ1v) is 7.27. The third kappa shape index (κ3) is 2.86. The molecule has 0 saturated carbocycles. The minimum atomic E-state index is -0.193. The van der Waals surface area contributed by atoms with Crippen LogP contribution in [0.1, 0.15) is 24.2 Å². The van der Waals surface area contributed by atoms with Gasteiger partial charge in [-0.15, -0.1) is 0 Å². The van der Waals surface area contributed by atoms with Gasteiger partial charge in [-0.25, -0.2) is 0 Å². The Morgan fingerprint density at radius 3 is 2.80 bits per heavy atom. The molecule has 0 radical (unpaired) electrons. The van der Waals surface area contributed by atoms with Gasteiger partial charge in [0.05, 0.1) is 6.20 Å². The molecule has 20 heavy (non-hydrogen) atoms. The monoisotopic (exact) mass is 279 g/mol. The Hall–Kier alpha value is -1.40. The molecular formula is C14H21N3O3. The van der Waals surface area contributed by atoms with Crippen molar-refractivity contribution < 1.29 is 14.1 Å². The number of hydrogen-bond donors (Lipinski definition) is 0. The Labute approximate surface area is 118 Å². The summed E-state index contributed by atoms with van der Waals surface area (Å²) >= 11 is 0. The van der Waals surface area contributed by atoms with Crippen LogP contribution in [0.4, 0.5) is 0 Å². The van der Waals surface area contributed by atoms with E-state index in [1.165, 1.54) is 0 Å². The second kappa shape index (κ2) is 5.93. The number of aryl methyl sites for hydroxylation is 1. The summed E-state index contributed by atoms with van der Waals surface area (Å²) in [6.07, 6.45) is 3.46. The van der Waals surface area contributed by atoms with Gasteiger partial charge in [0.1, 0.15) is 11.9 Å². The maximum atomic E-state index is 12.2. The Morgan fingerprint density at radius 1 is 1.40 bits per heavy atom. The summed E-state index contributed by atoms with van der Waals surface area (Å²) in [5.74, 6) is 1.05. The SMILES string of the molecule is Cc1oncc1CN1CCN(C(=O)C2CCCO2)CC1.